The number of fused-ring (bicyclic) bond motifs is 1. The molecule has 33 heavy (non-hydrogen) atoms. The van der Waals surface area contributed by atoms with Gasteiger partial charge in [-0.05, 0) is 76.8 Å². The molecule has 2 aromatic rings. The first-order valence-corrected chi connectivity index (χ1v) is 11.5. The minimum Gasteiger partial charge on any atom is -0.465 e. The lowest BCUT2D eigenvalue weighted by Crippen LogP contribution is -2.36. The van der Waals surface area contributed by atoms with Gasteiger partial charge in [-0.3, -0.25) is 4.79 Å². The highest BCUT2D eigenvalue weighted by molar-refractivity contribution is 5.85. The molecule has 180 valence electrons. The van der Waals surface area contributed by atoms with E-state index in [-0.39, 0.29) is 12.6 Å². The first-order chi connectivity index (χ1) is 15.4. The third kappa shape index (κ3) is 8.01. The van der Waals surface area contributed by atoms with E-state index in [2.05, 4.69) is 6.08 Å². The molecule has 0 bridgehead atoms. The smallest absolute Gasteiger partial charge is 0.340 e. The highest BCUT2D eigenvalue weighted by Crippen LogP contribution is 2.29. The number of benzene rings is 2. The summed E-state index contributed by atoms with van der Waals surface area (Å²) in [7, 11) is 1.51. The van der Waals surface area contributed by atoms with E-state index in [0.717, 1.165) is 22.8 Å². The summed E-state index contributed by atoms with van der Waals surface area (Å²) in [5, 5.41) is 2.13. The molecular formula is C28H38O5. The standard InChI is InChI=1S/C28H38O5/c1-20(2)11-10-16-28(6,17-18-32-26(30)27(3,4)5)33-25(29)24(31-7)23-15-14-21-12-8-9-13-22(21)19-23/h8-9,11-15,19,24H,10,16-18H2,1-7H3/t24?,28-/m1/s1. The molecule has 5 heteroatoms. The van der Waals surface area contributed by atoms with Crippen molar-refractivity contribution in [1.82, 2.24) is 0 Å². The van der Waals surface area contributed by atoms with E-state index in [1.54, 1.807) is 0 Å². The molecule has 0 saturated heterocycles. The second kappa shape index (κ2) is 11.5. The summed E-state index contributed by atoms with van der Waals surface area (Å²) in [4.78, 5) is 25.4. The Labute approximate surface area is 198 Å². The molecular weight excluding hydrogens is 416 g/mol. The highest BCUT2D eigenvalue weighted by atomic mass is 16.6. The van der Waals surface area contributed by atoms with Gasteiger partial charge in [0.25, 0.3) is 0 Å². The number of hydrogen-bond donors (Lipinski definition) is 0. The molecule has 0 spiro atoms. The van der Waals surface area contributed by atoms with Crippen molar-refractivity contribution in [3.63, 3.8) is 0 Å². The number of rotatable bonds is 10. The summed E-state index contributed by atoms with van der Waals surface area (Å²) in [6.45, 7) is 11.6. The fourth-order valence-electron chi connectivity index (χ4n) is 3.51. The van der Waals surface area contributed by atoms with E-state index >= 15 is 0 Å². The second-order valence-corrected chi connectivity index (χ2v) is 10.0. The number of carbonyl (C=O) groups excluding carboxylic acids is 2. The Balaban J connectivity index is 2.17. The summed E-state index contributed by atoms with van der Waals surface area (Å²) < 4.78 is 17.0. The van der Waals surface area contributed by atoms with Gasteiger partial charge in [0, 0.05) is 13.5 Å². The topological polar surface area (TPSA) is 61.8 Å². The molecule has 0 aliphatic carbocycles. The van der Waals surface area contributed by atoms with Crippen LogP contribution in [0.3, 0.4) is 0 Å². The third-order valence-corrected chi connectivity index (χ3v) is 5.58. The molecule has 0 radical (unpaired) electrons. The van der Waals surface area contributed by atoms with Crippen molar-refractivity contribution < 1.29 is 23.8 Å². The summed E-state index contributed by atoms with van der Waals surface area (Å²) in [5.41, 5.74) is 0.571. The fraction of sp³-hybridized carbons (Fsp3) is 0.500. The van der Waals surface area contributed by atoms with E-state index < -0.39 is 23.1 Å². The lowest BCUT2D eigenvalue weighted by atomic mass is 9.94. The zero-order chi connectivity index (χ0) is 24.6. The average Bonchev–Trinajstić information content (AvgIpc) is 2.73. The number of allylic oxidation sites excluding steroid dienone is 2. The largest absolute Gasteiger partial charge is 0.465 e. The maximum atomic E-state index is 13.2. The summed E-state index contributed by atoms with van der Waals surface area (Å²) in [6, 6.07) is 13.8. The molecule has 2 aromatic carbocycles. The van der Waals surface area contributed by atoms with Crippen LogP contribution in [-0.4, -0.2) is 31.3 Å². The Morgan fingerprint density at radius 3 is 2.24 bits per heavy atom. The Bertz CT molecular complexity index is 981. The van der Waals surface area contributed by atoms with Crippen LogP contribution in [0, 0.1) is 5.41 Å². The van der Waals surface area contributed by atoms with Gasteiger partial charge in [0.15, 0.2) is 6.10 Å². The van der Waals surface area contributed by atoms with Crippen molar-refractivity contribution in [3.05, 3.63) is 59.7 Å². The van der Waals surface area contributed by atoms with Gasteiger partial charge in [0.2, 0.25) is 0 Å². The van der Waals surface area contributed by atoms with Crippen LogP contribution in [0.4, 0.5) is 0 Å². The molecule has 1 unspecified atom stereocenters. The first-order valence-electron chi connectivity index (χ1n) is 11.5. The fourth-order valence-corrected chi connectivity index (χ4v) is 3.51. The quantitative estimate of drug-likeness (QED) is 0.301. The Hall–Kier alpha value is -2.66. The van der Waals surface area contributed by atoms with Gasteiger partial charge < -0.3 is 14.2 Å². The predicted octanol–water partition coefficient (Wildman–Crippen LogP) is 6.56. The van der Waals surface area contributed by atoms with Crippen LogP contribution >= 0.6 is 0 Å². The molecule has 0 aromatic heterocycles. The number of ether oxygens (including phenoxy) is 3. The molecule has 0 amide bonds. The Kier molecular flexibility index (Phi) is 9.24. The number of esters is 2. The average molecular weight is 455 g/mol. The molecule has 2 rings (SSSR count). The summed E-state index contributed by atoms with van der Waals surface area (Å²) in [5.74, 6) is -0.721. The van der Waals surface area contributed by atoms with Gasteiger partial charge in [-0.15, -0.1) is 0 Å². The number of methoxy groups -OCH3 is 1. The van der Waals surface area contributed by atoms with Crippen LogP contribution in [0.2, 0.25) is 0 Å². The van der Waals surface area contributed by atoms with Crippen LogP contribution in [0.5, 0.6) is 0 Å². The van der Waals surface area contributed by atoms with Crippen LogP contribution in [0.1, 0.15) is 72.5 Å². The monoisotopic (exact) mass is 454 g/mol. The highest BCUT2D eigenvalue weighted by Gasteiger charge is 2.33. The SMILES string of the molecule is COC(C(=O)O[C@](C)(CCC=C(C)C)CCOC(=O)C(C)(C)C)c1ccc2ccccc2c1. The van der Waals surface area contributed by atoms with Gasteiger partial charge in [-0.25, -0.2) is 4.79 Å². The van der Waals surface area contributed by atoms with Crippen LogP contribution in [0.25, 0.3) is 10.8 Å². The molecule has 2 atom stereocenters. The van der Waals surface area contributed by atoms with Gasteiger partial charge in [0.1, 0.15) is 5.60 Å². The molecule has 0 aliphatic rings. The molecule has 0 fully saturated rings. The maximum absolute atomic E-state index is 13.2. The summed E-state index contributed by atoms with van der Waals surface area (Å²) >= 11 is 0. The first kappa shape index (κ1) is 26.6. The van der Waals surface area contributed by atoms with Crippen molar-refractivity contribution in [1.29, 1.82) is 0 Å². The molecule has 0 N–H and O–H groups in total. The van der Waals surface area contributed by atoms with Crippen molar-refractivity contribution in [3.8, 4) is 0 Å². The Morgan fingerprint density at radius 2 is 1.64 bits per heavy atom. The molecule has 0 saturated carbocycles. The lowest BCUT2D eigenvalue weighted by Gasteiger charge is -2.31. The zero-order valence-electron chi connectivity index (χ0n) is 21.1. The van der Waals surface area contributed by atoms with E-state index in [4.69, 9.17) is 14.2 Å². The van der Waals surface area contributed by atoms with Crippen molar-refractivity contribution >= 4 is 22.7 Å². The van der Waals surface area contributed by atoms with Crippen molar-refractivity contribution in [2.24, 2.45) is 5.41 Å². The second-order valence-electron chi connectivity index (χ2n) is 10.0. The van der Waals surface area contributed by atoms with Crippen LogP contribution in [0.15, 0.2) is 54.1 Å². The predicted molar refractivity (Wildman–Crippen MR) is 132 cm³/mol. The molecule has 5 nitrogen and oxygen atoms in total. The number of carbonyl (C=O) groups is 2. The van der Waals surface area contributed by atoms with Gasteiger partial charge >= 0.3 is 11.9 Å². The van der Waals surface area contributed by atoms with Crippen LogP contribution in [-0.2, 0) is 23.8 Å². The van der Waals surface area contributed by atoms with Crippen molar-refractivity contribution in [2.75, 3.05) is 13.7 Å². The minimum atomic E-state index is -0.838. The maximum Gasteiger partial charge on any atom is 0.340 e. The van der Waals surface area contributed by atoms with E-state index in [1.807, 2.05) is 84.0 Å². The van der Waals surface area contributed by atoms with E-state index in [1.165, 1.54) is 12.7 Å². The van der Waals surface area contributed by atoms with E-state index in [0.29, 0.717) is 12.8 Å². The van der Waals surface area contributed by atoms with Crippen LogP contribution < -0.4 is 0 Å². The normalized spacial score (nSPS) is 14.3. The third-order valence-electron chi connectivity index (χ3n) is 5.58. The van der Waals surface area contributed by atoms with Gasteiger partial charge in [-0.2, -0.15) is 0 Å². The van der Waals surface area contributed by atoms with Gasteiger partial charge in [0.05, 0.1) is 12.0 Å². The van der Waals surface area contributed by atoms with Crippen molar-refractivity contribution in [2.45, 2.75) is 72.5 Å². The molecule has 0 heterocycles. The number of hydrogen-bond acceptors (Lipinski definition) is 5. The lowest BCUT2D eigenvalue weighted by molar-refractivity contribution is -0.174. The zero-order valence-corrected chi connectivity index (χ0v) is 21.1. The van der Waals surface area contributed by atoms with E-state index in [9.17, 15) is 9.59 Å². The summed E-state index contributed by atoms with van der Waals surface area (Å²) in [6.07, 6.45) is 3.06. The minimum absolute atomic E-state index is 0.183. The Morgan fingerprint density at radius 1 is 0.970 bits per heavy atom. The van der Waals surface area contributed by atoms with Gasteiger partial charge in [-0.1, -0.05) is 48.0 Å². The molecule has 0 aliphatic heterocycles.